The van der Waals surface area contributed by atoms with Crippen LogP contribution in [-0.2, 0) is 16.1 Å². The first-order chi connectivity index (χ1) is 15.0. The van der Waals surface area contributed by atoms with Crippen molar-refractivity contribution in [2.45, 2.75) is 6.54 Å². The Balaban J connectivity index is 1.53. The molecule has 3 amide bonds. The van der Waals surface area contributed by atoms with Crippen LogP contribution in [0.4, 0.5) is 4.79 Å². The van der Waals surface area contributed by atoms with Crippen molar-refractivity contribution in [3.05, 3.63) is 77.1 Å². The second-order valence-corrected chi connectivity index (χ2v) is 6.50. The number of urea groups is 1. The summed E-state index contributed by atoms with van der Waals surface area (Å²) in [5.74, 6) is -0.213. The average molecular weight is 417 g/mol. The molecule has 31 heavy (non-hydrogen) atoms. The van der Waals surface area contributed by atoms with Crippen molar-refractivity contribution in [2.24, 2.45) is 0 Å². The van der Waals surface area contributed by atoms with Gasteiger partial charge in [0, 0.05) is 11.6 Å². The van der Waals surface area contributed by atoms with E-state index in [1.807, 2.05) is 0 Å². The predicted octanol–water partition coefficient (Wildman–Crippen LogP) is 3.29. The van der Waals surface area contributed by atoms with Crippen LogP contribution in [0.5, 0.6) is 0 Å². The average Bonchev–Trinajstić information content (AvgIpc) is 3.50. The van der Waals surface area contributed by atoms with Gasteiger partial charge in [0.05, 0.1) is 25.3 Å². The first-order valence-electron chi connectivity index (χ1n) is 9.11. The van der Waals surface area contributed by atoms with Crippen LogP contribution in [0.3, 0.4) is 0 Å². The minimum absolute atomic E-state index is 0.0268. The molecule has 154 valence electrons. The third-order valence-electron chi connectivity index (χ3n) is 4.55. The van der Waals surface area contributed by atoms with E-state index in [0.29, 0.717) is 22.6 Å². The first-order valence-corrected chi connectivity index (χ1v) is 9.11. The van der Waals surface area contributed by atoms with Crippen LogP contribution in [-0.4, -0.2) is 29.9 Å². The number of hydrogen-bond acceptors (Lipinski definition) is 7. The number of carbonyl (C=O) groups is 3. The number of imide groups is 1. The molecule has 3 aromatic rings. The molecule has 1 fully saturated rings. The number of esters is 1. The zero-order chi connectivity index (χ0) is 22.0. The lowest BCUT2D eigenvalue weighted by Gasteiger charge is -2.09. The molecule has 3 heterocycles. The van der Waals surface area contributed by atoms with Gasteiger partial charge in [-0.1, -0.05) is 12.1 Å². The molecule has 1 saturated heterocycles. The lowest BCUT2D eigenvalue weighted by atomic mass is 10.1. The topological polar surface area (TPSA) is 126 Å². The predicted molar refractivity (Wildman–Crippen MR) is 106 cm³/mol. The summed E-state index contributed by atoms with van der Waals surface area (Å²) in [6.45, 7) is -0.155. The van der Waals surface area contributed by atoms with Gasteiger partial charge in [-0.25, -0.2) is 9.59 Å². The summed E-state index contributed by atoms with van der Waals surface area (Å²) in [5.41, 5.74) is 1.11. The van der Waals surface area contributed by atoms with Crippen molar-refractivity contribution in [3.63, 3.8) is 0 Å². The summed E-state index contributed by atoms with van der Waals surface area (Å²) in [6, 6.07) is 14.6. The number of ether oxygens (including phenoxy) is 1. The van der Waals surface area contributed by atoms with Crippen LogP contribution in [0.2, 0.25) is 0 Å². The van der Waals surface area contributed by atoms with E-state index in [0.717, 1.165) is 4.90 Å². The number of furan rings is 2. The molecule has 0 saturated carbocycles. The summed E-state index contributed by atoms with van der Waals surface area (Å²) in [4.78, 5) is 37.3. The highest BCUT2D eigenvalue weighted by molar-refractivity contribution is 6.13. The van der Waals surface area contributed by atoms with E-state index in [-0.39, 0.29) is 23.8 Å². The monoisotopic (exact) mass is 417 g/mol. The highest BCUT2D eigenvalue weighted by atomic mass is 16.5. The lowest BCUT2D eigenvalue weighted by molar-refractivity contribution is -0.123. The molecule has 9 nitrogen and oxygen atoms in total. The molecule has 0 spiro atoms. The summed E-state index contributed by atoms with van der Waals surface area (Å²) in [6.07, 6.45) is 1.40. The van der Waals surface area contributed by atoms with Crippen LogP contribution in [0, 0.1) is 11.3 Å². The minimum Gasteiger partial charge on any atom is -0.463 e. The van der Waals surface area contributed by atoms with Gasteiger partial charge in [-0.05, 0) is 36.4 Å². The molecule has 0 radical (unpaired) electrons. The van der Waals surface area contributed by atoms with E-state index >= 15 is 0 Å². The molecule has 0 aliphatic carbocycles. The Hall–Kier alpha value is -4.58. The van der Waals surface area contributed by atoms with Gasteiger partial charge in [-0.3, -0.25) is 9.69 Å². The number of rotatable bonds is 5. The number of amides is 3. The Bertz CT molecular complexity index is 1260. The quantitative estimate of drug-likeness (QED) is 0.383. The molecule has 0 bridgehead atoms. The fourth-order valence-electron chi connectivity index (χ4n) is 3.06. The van der Waals surface area contributed by atoms with E-state index in [1.54, 1.807) is 36.4 Å². The first kappa shape index (κ1) is 19.7. The van der Waals surface area contributed by atoms with Crippen LogP contribution >= 0.6 is 0 Å². The maximum absolute atomic E-state index is 12.7. The van der Waals surface area contributed by atoms with Gasteiger partial charge in [-0.15, -0.1) is 0 Å². The van der Waals surface area contributed by atoms with Crippen LogP contribution in [0.15, 0.2) is 63.1 Å². The van der Waals surface area contributed by atoms with Crippen molar-refractivity contribution in [2.75, 3.05) is 7.11 Å². The zero-order valence-electron chi connectivity index (χ0n) is 16.2. The van der Waals surface area contributed by atoms with E-state index in [9.17, 15) is 19.6 Å². The van der Waals surface area contributed by atoms with Crippen molar-refractivity contribution in [3.8, 4) is 17.4 Å². The van der Waals surface area contributed by atoms with Gasteiger partial charge in [0.1, 0.15) is 23.0 Å². The molecule has 2 aromatic heterocycles. The third-order valence-corrected chi connectivity index (χ3v) is 4.55. The highest BCUT2D eigenvalue weighted by Crippen LogP contribution is 2.27. The Kier molecular flexibility index (Phi) is 5.12. The molecule has 9 heteroatoms. The number of methoxy groups -OCH3 is 1. The highest BCUT2D eigenvalue weighted by Gasteiger charge is 2.34. The number of hydrogen-bond donors (Lipinski definition) is 1. The zero-order valence-corrected chi connectivity index (χ0v) is 16.2. The Labute approximate surface area is 176 Å². The van der Waals surface area contributed by atoms with Crippen LogP contribution in [0.25, 0.3) is 17.4 Å². The van der Waals surface area contributed by atoms with Crippen molar-refractivity contribution in [1.29, 1.82) is 5.26 Å². The van der Waals surface area contributed by atoms with Gasteiger partial charge in [0.25, 0.3) is 5.91 Å². The van der Waals surface area contributed by atoms with Gasteiger partial charge in [0.2, 0.25) is 5.76 Å². The van der Waals surface area contributed by atoms with Crippen molar-refractivity contribution < 1.29 is 28.0 Å². The van der Waals surface area contributed by atoms with Gasteiger partial charge >= 0.3 is 12.0 Å². The SMILES string of the molecule is COC(=O)c1ccc(CN2C(=O)NC(=Cc3ccc(-c4ccccc4C#N)o3)C2=O)o1. The van der Waals surface area contributed by atoms with E-state index in [4.69, 9.17) is 8.83 Å². The summed E-state index contributed by atoms with van der Waals surface area (Å²) in [5, 5.41) is 11.7. The van der Waals surface area contributed by atoms with Gasteiger partial charge < -0.3 is 18.9 Å². The number of nitriles is 1. The van der Waals surface area contributed by atoms with E-state index in [2.05, 4.69) is 16.1 Å². The molecule has 1 N–H and O–H groups in total. The second kappa shape index (κ2) is 8.04. The van der Waals surface area contributed by atoms with Gasteiger partial charge in [-0.2, -0.15) is 5.26 Å². The van der Waals surface area contributed by atoms with Crippen molar-refractivity contribution >= 4 is 24.0 Å². The van der Waals surface area contributed by atoms with Crippen molar-refractivity contribution in [1.82, 2.24) is 10.2 Å². The molecule has 4 rings (SSSR count). The largest absolute Gasteiger partial charge is 0.463 e. The third kappa shape index (κ3) is 3.82. The molecule has 1 aliphatic heterocycles. The molecule has 0 atom stereocenters. The summed E-state index contributed by atoms with van der Waals surface area (Å²) >= 11 is 0. The molecular formula is C22H15N3O6. The maximum Gasteiger partial charge on any atom is 0.373 e. The normalized spacial score (nSPS) is 14.6. The number of carbonyl (C=O) groups excluding carboxylic acids is 3. The van der Waals surface area contributed by atoms with Crippen LogP contribution < -0.4 is 5.32 Å². The van der Waals surface area contributed by atoms with E-state index in [1.165, 1.54) is 25.3 Å². The van der Waals surface area contributed by atoms with Crippen LogP contribution in [0.1, 0.15) is 27.6 Å². The fraction of sp³-hybridized carbons (Fsp3) is 0.0909. The van der Waals surface area contributed by atoms with E-state index < -0.39 is 17.9 Å². The molecule has 1 aliphatic rings. The molecule has 1 aromatic carbocycles. The number of nitrogens with zero attached hydrogens (tertiary/aromatic N) is 2. The Morgan fingerprint density at radius 1 is 1.16 bits per heavy atom. The summed E-state index contributed by atoms with van der Waals surface area (Å²) in [7, 11) is 1.22. The number of benzene rings is 1. The smallest absolute Gasteiger partial charge is 0.373 e. The second-order valence-electron chi connectivity index (χ2n) is 6.50. The molecule has 0 unspecified atom stereocenters. The fourth-order valence-corrected chi connectivity index (χ4v) is 3.06. The lowest BCUT2D eigenvalue weighted by Crippen LogP contribution is -2.30. The van der Waals surface area contributed by atoms with Gasteiger partial charge in [0.15, 0.2) is 0 Å². The summed E-state index contributed by atoms with van der Waals surface area (Å²) < 4.78 is 15.6. The Morgan fingerprint density at radius 3 is 2.74 bits per heavy atom. The minimum atomic E-state index is -0.657. The Morgan fingerprint density at radius 2 is 1.97 bits per heavy atom. The molecular weight excluding hydrogens is 402 g/mol. The standard InChI is InChI=1S/C22H15N3O6/c1-29-21(27)19-9-7-15(31-19)12-25-20(26)17(24-22(25)28)10-14-6-8-18(30-14)16-5-3-2-4-13(16)11-23/h2-10H,12H2,1H3,(H,24,28). The maximum atomic E-state index is 12.7. The number of nitrogens with one attached hydrogen (secondary N) is 1.